The molecule has 4 aromatic rings. The van der Waals surface area contributed by atoms with Crippen LogP contribution in [0, 0.1) is 0 Å². The molecule has 0 saturated carbocycles. The molecule has 0 radical (unpaired) electrons. The van der Waals surface area contributed by atoms with Gasteiger partial charge in [-0.25, -0.2) is 0 Å². The number of benzene rings is 4. The van der Waals surface area contributed by atoms with E-state index in [-0.39, 0.29) is 5.91 Å². The first-order valence-corrected chi connectivity index (χ1v) is 12.4. The number of amides is 1. The summed E-state index contributed by atoms with van der Waals surface area (Å²) in [6.45, 7) is 5.06. The molecule has 5 rings (SSSR count). The van der Waals surface area contributed by atoms with E-state index in [0.29, 0.717) is 17.1 Å². The normalized spacial score (nSPS) is 14.2. The number of rotatable bonds is 6. The van der Waals surface area contributed by atoms with E-state index in [2.05, 4.69) is 41.3 Å². The van der Waals surface area contributed by atoms with Gasteiger partial charge in [-0.2, -0.15) is 0 Å². The third kappa shape index (κ3) is 5.57. The topological polar surface area (TPSA) is 32.8 Å². The first-order valence-electron chi connectivity index (χ1n) is 12.0. The second-order valence-electron chi connectivity index (χ2n) is 9.11. The Hall–Kier alpha value is -3.18. The van der Waals surface area contributed by atoms with E-state index >= 15 is 0 Å². The second kappa shape index (κ2) is 10.6. The zero-order valence-corrected chi connectivity index (χ0v) is 20.7. The number of morpholine rings is 1. The van der Waals surface area contributed by atoms with E-state index in [1.165, 1.54) is 16.3 Å². The van der Waals surface area contributed by atoms with Crippen LogP contribution in [0.25, 0.3) is 21.9 Å². The number of carbonyl (C=O) groups is 1. The summed E-state index contributed by atoms with van der Waals surface area (Å²) in [6, 6.07) is 28.5. The van der Waals surface area contributed by atoms with Crippen molar-refractivity contribution >= 4 is 28.3 Å². The van der Waals surface area contributed by atoms with Crippen LogP contribution in [0.4, 0.5) is 0 Å². The van der Waals surface area contributed by atoms with Gasteiger partial charge < -0.3 is 9.64 Å². The van der Waals surface area contributed by atoms with Gasteiger partial charge in [0.15, 0.2) is 0 Å². The molecule has 1 heterocycles. The maximum atomic E-state index is 13.1. The van der Waals surface area contributed by atoms with Crippen molar-refractivity contribution in [3.63, 3.8) is 0 Å². The number of hydrogen-bond acceptors (Lipinski definition) is 3. The van der Waals surface area contributed by atoms with Gasteiger partial charge in [0, 0.05) is 43.8 Å². The van der Waals surface area contributed by atoms with Crippen LogP contribution in [0.1, 0.15) is 21.5 Å². The second-order valence-corrected chi connectivity index (χ2v) is 9.54. The molecule has 0 atom stereocenters. The van der Waals surface area contributed by atoms with Crippen molar-refractivity contribution in [2.45, 2.75) is 13.1 Å². The average Bonchev–Trinajstić information content (AvgIpc) is 2.89. The molecule has 0 spiro atoms. The molecule has 0 unspecified atom stereocenters. The molecule has 1 aliphatic rings. The number of carbonyl (C=O) groups excluding carboxylic acids is 1. The Kier molecular flexibility index (Phi) is 7.14. The van der Waals surface area contributed by atoms with Gasteiger partial charge in [0.1, 0.15) is 0 Å². The van der Waals surface area contributed by atoms with Gasteiger partial charge in [0.05, 0.1) is 13.2 Å². The van der Waals surface area contributed by atoms with E-state index in [0.717, 1.165) is 49.5 Å². The lowest BCUT2D eigenvalue weighted by Crippen LogP contribution is -2.35. The fourth-order valence-corrected chi connectivity index (χ4v) is 4.78. The van der Waals surface area contributed by atoms with Gasteiger partial charge in [-0.05, 0) is 63.4 Å². The molecule has 0 aromatic heterocycles. The first-order chi connectivity index (χ1) is 17.1. The largest absolute Gasteiger partial charge is 0.379 e. The Balaban J connectivity index is 1.29. The lowest BCUT2D eigenvalue weighted by molar-refractivity contribution is 0.0342. The van der Waals surface area contributed by atoms with Crippen LogP contribution in [0.15, 0.2) is 84.9 Å². The van der Waals surface area contributed by atoms with Gasteiger partial charge in [0.25, 0.3) is 5.91 Å². The maximum Gasteiger partial charge on any atom is 0.253 e. The van der Waals surface area contributed by atoms with Crippen LogP contribution in [0.3, 0.4) is 0 Å². The summed E-state index contributed by atoms with van der Waals surface area (Å²) in [7, 11) is 1.86. The van der Waals surface area contributed by atoms with Gasteiger partial charge in [-0.3, -0.25) is 9.69 Å². The summed E-state index contributed by atoms with van der Waals surface area (Å²) >= 11 is 5.99. The molecule has 178 valence electrons. The summed E-state index contributed by atoms with van der Waals surface area (Å²) < 4.78 is 5.46. The van der Waals surface area contributed by atoms with Crippen LogP contribution < -0.4 is 0 Å². The molecular weight excluding hydrogens is 456 g/mol. The van der Waals surface area contributed by atoms with Crippen LogP contribution in [0.2, 0.25) is 5.02 Å². The number of nitrogens with zero attached hydrogens (tertiary/aromatic N) is 2. The molecule has 1 aliphatic heterocycles. The third-order valence-corrected chi connectivity index (χ3v) is 6.86. The summed E-state index contributed by atoms with van der Waals surface area (Å²) in [5, 5.41) is 3.11. The maximum absolute atomic E-state index is 13.1. The smallest absolute Gasteiger partial charge is 0.253 e. The summed E-state index contributed by atoms with van der Waals surface area (Å²) in [5.74, 6) is 0.00796. The Morgan fingerprint density at radius 1 is 0.914 bits per heavy atom. The predicted molar refractivity (Wildman–Crippen MR) is 143 cm³/mol. The van der Waals surface area contributed by atoms with Crippen LogP contribution in [-0.2, 0) is 17.8 Å². The molecular formula is C30H29ClN2O2. The van der Waals surface area contributed by atoms with Crippen molar-refractivity contribution in [2.24, 2.45) is 0 Å². The molecule has 0 bridgehead atoms. The molecule has 1 fully saturated rings. The van der Waals surface area contributed by atoms with Crippen LogP contribution >= 0.6 is 11.6 Å². The fraction of sp³-hybridized carbons (Fsp3) is 0.233. The molecule has 35 heavy (non-hydrogen) atoms. The Morgan fingerprint density at radius 2 is 1.60 bits per heavy atom. The number of halogens is 1. The lowest BCUT2D eigenvalue weighted by atomic mass is 10.0. The molecule has 1 saturated heterocycles. The predicted octanol–water partition coefficient (Wildman–Crippen LogP) is 6.26. The van der Waals surface area contributed by atoms with E-state index < -0.39 is 0 Å². The standard InChI is InChI=1S/C30H29ClN2O2/c1-32(30(34)25-8-6-23(7-9-25)24-10-12-28(31)13-11-24)21-27-4-2-3-26-19-22(5-14-29(26)27)20-33-15-17-35-18-16-33/h2-14,19H,15-18,20-21H2,1H3. The molecule has 0 aliphatic carbocycles. The highest BCUT2D eigenvalue weighted by molar-refractivity contribution is 6.30. The fourth-order valence-electron chi connectivity index (χ4n) is 4.65. The number of ether oxygens (including phenoxy) is 1. The molecule has 1 amide bonds. The first kappa shape index (κ1) is 23.6. The van der Waals surface area contributed by atoms with Gasteiger partial charge in [-0.15, -0.1) is 0 Å². The minimum atomic E-state index is 0.00796. The third-order valence-electron chi connectivity index (χ3n) is 6.61. The van der Waals surface area contributed by atoms with Crippen molar-refractivity contribution in [1.29, 1.82) is 0 Å². The Morgan fingerprint density at radius 3 is 2.31 bits per heavy atom. The van der Waals surface area contributed by atoms with Gasteiger partial charge in [-0.1, -0.05) is 66.2 Å². The molecule has 5 heteroatoms. The molecule has 0 N–H and O–H groups in total. The van der Waals surface area contributed by atoms with E-state index in [4.69, 9.17) is 16.3 Å². The highest BCUT2D eigenvalue weighted by Gasteiger charge is 2.15. The molecule has 4 nitrogen and oxygen atoms in total. The van der Waals surface area contributed by atoms with Crippen molar-refractivity contribution in [1.82, 2.24) is 9.80 Å². The highest BCUT2D eigenvalue weighted by Crippen LogP contribution is 2.25. The highest BCUT2D eigenvalue weighted by atomic mass is 35.5. The minimum Gasteiger partial charge on any atom is -0.379 e. The van der Waals surface area contributed by atoms with E-state index in [1.807, 2.05) is 55.6 Å². The summed E-state index contributed by atoms with van der Waals surface area (Å²) in [5.41, 5.74) is 5.27. The van der Waals surface area contributed by atoms with Crippen molar-refractivity contribution in [3.8, 4) is 11.1 Å². The van der Waals surface area contributed by atoms with Crippen LogP contribution in [-0.4, -0.2) is 49.1 Å². The van der Waals surface area contributed by atoms with Crippen molar-refractivity contribution in [3.05, 3.63) is 107 Å². The summed E-state index contributed by atoms with van der Waals surface area (Å²) in [6.07, 6.45) is 0. The van der Waals surface area contributed by atoms with Gasteiger partial charge >= 0.3 is 0 Å². The SMILES string of the molecule is CN(Cc1cccc2cc(CN3CCOCC3)ccc12)C(=O)c1ccc(-c2ccc(Cl)cc2)cc1. The average molecular weight is 485 g/mol. The zero-order valence-electron chi connectivity index (χ0n) is 19.9. The monoisotopic (exact) mass is 484 g/mol. The zero-order chi connectivity index (χ0) is 24.2. The quantitative estimate of drug-likeness (QED) is 0.323. The lowest BCUT2D eigenvalue weighted by Gasteiger charge is -2.26. The molecule has 4 aromatic carbocycles. The summed E-state index contributed by atoms with van der Waals surface area (Å²) in [4.78, 5) is 17.4. The van der Waals surface area contributed by atoms with E-state index in [1.54, 1.807) is 4.90 Å². The van der Waals surface area contributed by atoms with Gasteiger partial charge in [0.2, 0.25) is 0 Å². The van der Waals surface area contributed by atoms with Crippen LogP contribution in [0.5, 0.6) is 0 Å². The number of fused-ring (bicyclic) bond motifs is 1. The minimum absolute atomic E-state index is 0.00796. The van der Waals surface area contributed by atoms with E-state index in [9.17, 15) is 4.79 Å². The Bertz CT molecular complexity index is 1310. The van der Waals surface area contributed by atoms with Crippen molar-refractivity contribution in [2.75, 3.05) is 33.4 Å². The number of hydrogen-bond donors (Lipinski definition) is 0. The Labute approximate surface area is 211 Å². The van der Waals surface area contributed by atoms with Crippen molar-refractivity contribution < 1.29 is 9.53 Å².